The lowest BCUT2D eigenvalue weighted by Crippen LogP contribution is -2.26. The SMILES string of the molecule is Cc1ccc(-c2ccccc2C(=O)OCC(=O)C(C)(C)C)cc1. The zero-order chi connectivity index (χ0) is 17.0. The van der Waals surface area contributed by atoms with Crippen molar-refractivity contribution < 1.29 is 14.3 Å². The van der Waals surface area contributed by atoms with Crippen molar-refractivity contribution in [2.45, 2.75) is 27.7 Å². The molecule has 0 N–H and O–H groups in total. The molecule has 0 unspecified atom stereocenters. The second-order valence-corrected chi connectivity index (χ2v) is 6.66. The average molecular weight is 310 g/mol. The summed E-state index contributed by atoms with van der Waals surface area (Å²) in [5.41, 5.74) is 2.87. The van der Waals surface area contributed by atoms with Gasteiger partial charge < -0.3 is 4.74 Å². The Morgan fingerprint density at radius 3 is 2.17 bits per heavy atom. The van der Waals surface area contributed by atoms with Gasteiger partial charge in [0.2, 0.25) is 0 Å². The maximum atomic E-state index is 12.4. The van der Waals surface area contributed by atoms with Gasteiger partial charge in [-0.15, -0.1) is 0 Å². The lowest BCUT2D eigenvalue weighted by atomic mass is 9.91. The van der Waals surface area contributed by atoms with Gasteiger partial charge in [-0.2, -0.15) is 0 Å². The van der Waals surface area contributed by atoms with Gasteiger partial charge in [-0.25, -0.2) is 4.79 Å². The minimum atomic E-state index is -0.517. The summed E-state index contributed by atoms with van der Waals surface area (Å²) in [6.45, 7) is 7.24. The molecule has 23 heavy (non-hydrogen) atoms. The van der Waals surface area contributed by atoms with Gasteiger partial charge in [0, 0.05) is 5.41 Å². The molecule has 0 heterocycles. The van der Waals surface area contributed by atoms with Crippen LogP contribution in [-0.4, -0.2) is 18.4 Å². The molecule has 0 aromatic heterocycles. The Labute approximate surface area is 137 Å². The number of ketones is 1. The van der Waals surface area contributed by atoms with Crippen molar-refractivity contribution in [2.24, 2.45) is 5.41 Å². The van der Waals surface area contributed by atoms with Crippen LogP contribution in [0.3, 0.4) is 0 Å². The second-order valence-electron chi connectivity index (χ2n) is 6.66. The van der Waals surface area contributed by atoms with E-state index in [1.807, 2.05) is 64.1 Å². The van der Waals surface area contributed by atoms with Gasteiger partial charge in [-0.3, -0.25) is 4.79 Å². The number of Topliss-reactive ketones (excluding diaryl/α,β-unsaturated/α-hetero) is 1. The number of benzene rings is 2. The topological polar surface area (TPSA) is 43.4 Å². The van der Waals surface area contributed by atoms with Crippen molar-refractivity contribution in [1.82, 2.24) is 0 Å². The highest BCUT2D eigenvalue weighted by Gasteiger charge is 2.23. The molecule has 3 heteroatoms. The van der Waals surface area contributed by atoms with E-state index in [0.717, 1.165) is 16.7 Å². The minimum Gasteiger partial charge on any atom is -0.454 e. The third-order valence-corrected chi connectivity index (χ3v) is 3.68. The molecule has 0 saturated heterocycles. The summed E-state index contributed by atoms with van der Waals surface area (Å²) in [4.78, 5) is 24.3. The summed E-state index contributed by atoms with van der Waals surface area (Å²) >= 11 is 0. The molecular formula is C20H22O3. The van der Waals surface area contributed by atoms with Gasteiger partial charge in [-0.05, 0) is 24.1 Å². The molecule has 0 aliphatic carbocycles. The summed E-state index contributed by atoms with van der Waals surface area (Å²) < 4.78 is 5.21. The number of carbonyl (C=O) groups excluding carboxylic acids is 2. The van der Waals surface area contributed by atoms with Gasteiger partial charge in [0.1, 0.15) is 0 Å². The Morgan fingerprint density at radius 2 is 1.57 bits per heavy atom. The monoisotopic (exact) mass is 310 g/mol. The molecule has 3 nitrogen and oxygen atoms in total. The summed E-state index contributed by atoms with van der Waals surface area (Å²) in [6.07, 6.45) is 0. The number of carbonyl (C=O) groups is 2. The first-order valence-corrected chi connectivity index (χ1v) is 7.65. The Kier molecular flexibility index (Phi) is 4.99. The van der Waals surface area contributed by atoms with Gasteiger partial charge in [0.15, 0.2) is 12.4 Å². The summed E-state index contributed by atoms with van der Waals surface area (Å²) in [5.74, 6) is -0.572. The Hall–Kier alpha value is -2.42. The first kappa shape index (κ1) is 16.9. The molecule has 0 aliphatic rings. The molecule has 120 valence electrons. The van der Waals surface area contributed by atoms with E-state index in [0.29, 0.717) is 5.56 Å². The van der Waals surface area contributed by atoms with Crippen LogP contribution in [0.2, 0.25) is 0 Å². The lowest BCUT2D eigenvalue weighted by Gasteiger charge is -2.16. The molecule has 0 spiro atoms. The minimum absolute atomic E-state index is 0.0985. The van der Waals surface area contributed by atoms with Gasteiger partial charge in [0.05, 0.1) is 5.56 Å². The van der Waals surface area contributed by atoms with Crippen LogP contribution in [0.4, 0.5) is 0 Å². The maximum Gasteiger partial charge on any atom is 0.339 e. The molecule has 0 saturated carbocycles. The second kappa shape index (κ2) is 6.78. The average Bonchev–Trinajstić information content (AvgIpc) is 2.52. The number of aryl methyl sites for hydroxylation is 1. The zero-order valence-electron chi connectivity index (χ0n) is 14.1. The van der Waals surface area contributed by atoms with Crippen LogP contribution < -0.4 is 0 Å². The van der Waals surface area contributed by atoms with E-state index in [-0.39, 0.29) is 12.4 Å². The molecule has 0 radical (unpaired) electrons. The van der Waals surface area contributed by atoms with E-state index in [1.165, 1.54) is 0 Å². The van der Waals surface area contributed by atoms with E-state index >= 15 is 0 Å². The molecule has 0 bridgehead atoms. The van der Waals surface area contributed by atoms with Crippen molar-refractivity contribution in [3.8, 4) is 11.1 Å². The Morgan fingerprint density at radius 1 is 0.957 bits per heavy atom. The Balaban J connectivity index is 2.21. The first-order chi connectivity index (χ1) is 10.8. The van der Waals surface area contributed by atoms with E-state index in [2.05, 4.69) is 0 Å². The van der Waals surface area contributed by atoms with Crippen molar-refractivity contribution in [1.29, 1.82) is 0 Å². The van der Waals surface area contributed by atoms with Crippen LogP contribution >= 0.6 is 0 Å². The molecule has 0 atom stereocenters. The number of hydrogen-bond donors (Lipinski definition) is 0. The van der Waals surface area contributed by atoms with Crippen LogP contribution in [0, 0.1) is 12.3 Å². The van der Waals surface area contributed by atoms with E-state index in [1.54, 1.807) is 12.1 Å². The zero-order valence-corrected chi connectivity index (χ0v) is 14.1. The predicted molar refractivity (Wildman–Crippen MR) is 91.4 cm³/mol. The number of rotatable bonds is 4. The van der Waals surface area contributed by atoms with Crippen LogP contribution in [0.25, 0.3) is 11.1 Å². The Bertz CT molecular complexity index is 706. The van der Waals surface area contributed by atoms with Crippen LogP contribution in [-0.2, 0) is 9.53 Å². The van der Waals surface area contributed by atoms with Crippen molar-refractivity contribution in [3.63, 3.8) is 0 Å². The van der Waals surface area contributed by atoms with Crippen LogP contribution in [0.1, 0.15) is 36.7 Å². The van der Waals surface area contributed by atoms with E-state index in [4.69, 9.17) is 4.74 Å². The van der Waals surface area contributed by atoms with Crippen LogP contribution in [0.15, 0.2) is 48.5 Å². The third kappa shape index (κ3) is 4.28. The fraction of sp³-hybridized carbons (Fsp3) is 0.300. The van der Waals surface area contributed by atoms with Gasteiger partial charge in [0.25, 0.3) is 0 Å². The van der Waals surface area contributed by atoms with E-state index in [9.17, 15) is 9.59 Å². The first-order valence-electron chi connectivity index (χ1n) is 7.65. The smallest absolute Gasteiger partial charge is 0.339 e. The number of hydrogen-bond acceptors (Lipinski definition) is 3. The highest BCUT2D eigenvalue weighted by Crippen LogP contribution is 2.25. The summed E-state index contributed by atoms with van der Waals surface area (Å²) in [7, 11) is 0. The molecule has 2 aromatic rings. The van der Waals surface area contributed by atoms with Crippen LogP contribution in [0.5, 0.6) is 0 Å². The standard InChI is InChI=1S/C20H22O3/c1-14-9-11-15(12-10-14)16-7-5-6-8-17(16)19(22)23-13-18(21)20(2,3)4/h5-12H,13H2,1-4H3. The summed E-state index contributed by atoms with van der Waals surface area (Å²) in [6, 6.07) is 15.2. The summed E-state index contributed by atoms with van der Waals surface area (Å²) in [5, 5.41) is 0. The fourth-order valence-corrected chi connectivity index (χ4v) is 2.07. The maximum absolute atomic E-state index is 12.4. The largest absolute Gasteiger partial charge is 0.454 e. The van der Waals surface area contributed by atoms with Crippen molar-refractivity contribution >= 4 is 11.8 Å². The molecular weight excluding hydrogens is 288 g/mol. The van der Waals surface area contributed by atoms with Crippen molar-refractivity contribution in [2.75, 3.05) is 6.61 Å². The van der Waals surface area contributed by atoms with Gasteiger partial charge >= 0.3 is 5.97 Å². The third-order valence-electron chi connectivity index (χ3n) is 3.68. The number of esters is 1. The highest BCUT2D eigenvalue weighted by molar-refractivity contribution is 5.98. The van der Waals surface area contributed by atoms with Crippen molar-refractivity contribution in [3.05, 3.63) is 59.7 Å². The number of ether oxygens (including phenoxy) is 1. The molecule has 0 amide bonds. The van der Waals surface area contributed by atoms with Gasteiger partial charge in [-0.1, -0.05) is 68.8 Å². The molecule has 2 rings (SSSR count). The molecule has 0 fully saturated rings. The predicted octanol–water partition coefficient (Wildman–Crippen LogP) is 4.43. The quantitative estimate of drug-likeness (QED) is 0.784. The fourth-order valence-electron chi connectivity index (χ4n) is 2.07. The molecule has 2 aromatic carbocycles. The molecule has 0 aliphatic heterocycles. The normalized spacial score (nSPS) is 11.1. The highest BCUT2D eigenvalue weighted by atomic mass is 16.5. The lowest BCUT2D eigenvalue weighted by molar-refractivity contribution is -0.129. The van der Waals surface area contributed by atoms with E-state index < -0.39 is 11.4 Å².